The minimum Gasteiger partial charge on any atom is -0.464 e. The summed E-state index contributed by atoms with van der Waals surface area (Å²) in [5, 5.41) is 0. The average molecular weight is 787 g/mol. The predicted molar refractivity (Wildman–Crippen MR) is 227 cm³/mol. The van der Waals surface area contributed by atoms with E-state index >= 15 is 0 Å². The van der Waals surface area contributed by atoms with Crippen molar-refractivity contribution in [2.24, 2.45) is 5.92 Å². The van der Waals surface area contributed by atoms with E-state index in [2.05, 4.69) is 27.7 Å². The van der Waals surface area contributed by atoms with Gasteiger partial charge in [0.2, 0.25) is 0 Å². The smallest absolute Gasteiger partial charge is 0.338 e. The lowest BCUT2D eigenvalue weighted by molar-refractivity contribution is -0.163. The summed E-state index contributed by atoms with van der Waals surface area (Å²) in [7, 11) is 0. The second-order valence-corrected chi connectivity index (χ2v) is 17.1. The SMILES string of the molecule is CCCCCCCCCCCCCCOC(=O)C1OC(c2ccc(C(=O)C(C)(C)OCCC(C)C)cc2)OC1C(=O)OCCCCCCCCCCCCCC. The Morgan fingerprint density at radius 3 is 1.27 bits per heavy atom. The van der Waals surface area contributed by atoms with Gasteiger partial charge in [-0.25, -0.2) is 9.59 Å². The van der Waals surface area contributed by atoms with E-state index in [9.17, 15) is 14.4 Å². The van der Waals surface area contributed by atoms with Crippen LogP contribution >= 0.6 is 0 Å². The molecule has 1 aromatic carbocycles. The van der Waals surface area contributed by atoms with Crippen LogP contribution in [0.5, 0.6) is 0 Å². The van der Waals surface area contributed by atoms with Crippen molar-refractivity contribution in [1.29, 1.82) is 0 Å². The number of ether oxygens (including phenoxy) is 5. The zero-order chi connectivity index (χ0) is 40.9. The van der Waals surface area contributed by atoms with Crippen LogP contribution in [0, 0.1) is 5.92 Å². The fourth-order valence-corrected chi connectivity index (χ4v) is 7.11. The monoisotopic (exact) mass is 787 g/mol. The van der Waals surface area contributed by atoms with Gasteiger partial charge in [-0.2, -0.15) is 0 Å². The Hall–Kier alpha value is -2.29. The Balaban J connectivity index is 1.86. The van der Waals surface area contributed by atoms with Crippen molar-refractivity contribution < 1.29 is 38.1 Å². The summed E-state index contributed by atoms with van der Waals surface area (Å²) >= 11 is 0. The van der Waals surface area contributed by atoms with Crippen LogP contribution in [0.25, 0.3) is 0 Å². The summed E-state index contributed by atoms with van der Waals surface area (Å²) in [5.41, 5.74) is 0.120. The largest absolute Gasteiger partial charge is 0.464 e. The maximum Gasteiger partial charge on any atom is 0.338 e. The maximum atomic E-state index is 13.3. The first kappa shape index (κ1) is 49.9. The number of esters is 2. The molecular weight excluding hydrogens is 705 g/mol. The maximum absolute atomic E-state index is 13.3. The number of Topliss-reactive ketones (excluding diaryl/α,β-unsaturated/α-hetero) is 1. The fourth-order valence-electron chi connectivity index (χ4n) is 7.11. The summed E-state index contributed by atoms with van der Waals surface area (Å²) < 4.78 is 29.3. The third-order valence-electron chi connectivity index (χ3n) is 10.9. The van der Waals surface area contributed by atoms with Crippen LogP contribution in [-0.2, 0) is 33.3 Å². The Morgan fingerprint density at radius 2 is 0.911 bits per heavy atom. The van der Waals surface area contributed by atoms with Gasteiger partial charge in [0.1, 0.15) is 5.60 Å². The lowest BCUT2D eigenvalue weighted by atomic mass is 9.95. The van der Waals surface area contributed by atoms with Gasteiger partial charge in [0.15, 0.2) is 24.3 Å². The topological polar surface area (TPSA) is 97.4 Å². The highest BCUT2D eigenvalue weighted by molar-refractivity contribution is 6.02. The summed E-state index contributed by atoms with van der Waals surface area (Å²) in [6.07, 6.45) is 26.7. The van der Waals surface area contributed by atoms with Gasteiger partial charge in [-0.3, -0.25) is 4.79 Å². The summed E-state index contributed by atoms with van der Waals surface area (Å²) in [5.74, 6) is -0.873. The molecule has 8 heteroatoms. The number of carbonyl (C=O) groups excluding carboxylic acids is 3. The molecule has 1 aliphatic rings. The minimum atomic E-state index is -1.23. The molecule has 0 amide bonds. The van der Waals surface area contributed by atoms with Crippen molar-refractivity contribution in [2.45, 2.75) is 226 Å². The molecule has 0 aromatic heterocycles. The van der Waals surface area contributed by atoms with E-state index in [0.717, 1.165) is 44.9 Å². The lowest BCUT2D eigenvalue weighted by Crippen LogP contribution is -2.39. The van der Waals surface area contributed by atoms with Crippen molar-refractivity contribution >= 4 is 17.7 Å². The van der Waals surface area contributed by atoms with Crippen LogP contribution < -0.4 is 0 Å². The van der Waals surface area contributed by atoms with Crippen molar-refractivity contribution in [3.05, 3.63) is 35.4 Å². The molecule has 1 aromatic rings. The molecule has 1 fully saturated rings. The van der Waals surface area contributed by atoms with Crippen LogP contribution in [0.4, 0.5) is 0 Å². The molecule has 0 saturated carbocycles. The Morgan fingerprint density at radius 1 is 0.554 bits per heavy atom. The highest BCUT2D eigenvalue weighted by Crippen LogP contribution is 2.33. The minimum absolute atomic E-state index is 0.125. The number of hydrogen-bond donors (Lipinski definition) is 0. The molecule has 1 heterocycles. The van der Waals surface area contributed by atoms with Gasteiger partial charge < -0.3 is 23.7 Å². The Bertz CT molecular complexity index is 1110. The second kappa shape index (κ2) is 30.7. The van der Waals surface area contributed by atoms with Crippen molar-refractivity contribution in [3.63, 3.8) is 0 Å². The molecule has 56 heavy (non-hydrogen) atoms. The third-order valence-corrected chi connectivity index (χ3v) is 10.9. The van der Waals surface area contributed by atoms with E-state index in [1.807, 2.05) is 0 Å². The van der Waals surface area contributed by atoms with Crippen LogP contribution in [0.15, 0.2) is 24.3 Å². The van der Waals surface area contributed by atoms with Gasteiger partial charge >= 0.3 is 11.9 Å². The van der Waals surface area contributed by atoms with Crippen LogP contribution in [-0.4, -0.2) is 55.4 Å². The predicted octanol–water partition coefficient (Wildman–Crippen LogP) is 13.0. The second-order valence-electron chi connectivity index (χ2n) is 17.1. The number of ketones is 1. The van der Waals surface area contributed by atoms with E-state index < -0.39 is 36.0 Å². The average Bonchev–Trinajstić information content (AvgIpc) is 3.64. The normalized spacial score (nSPS) is 17.1. The van der Waals surface area contributed by atoms with E-state index in [-0.39, 0.29) is 19.0 Å². The zero-order valence-corrected chi connectivity index (χ0v) is 36.7. The number of benzene rings is 1. The van der Waals surface area contributed by atoms with Gasteiger partial charge in [-0.05, 0) is 39.0 Å². The molecule has 1 aliphatic heterocycles. The quantitative estimate of drug-likeness (QED) is 0.0381. The molecule has 2 unspecified atom stereocenters. The van der Waals surface area contributed by atoms with Gasteiger partial charge in [0.05, 0.1) is 13.2 Å². The van der Waals surface area contributed by atoms with E-state index in [0.29, 0.717) is 23.7 Å². The third kappa shape index (κ3) is 21.5. The number of carbonyl (C=O) groups is 3. The number of unbranched alkanes of at least 4 members (excludes halogenated alkanes) is 22. The molecule has 2 atom stereocenters. The molecule has 322 valence electrons. The molecule has 2 rings (SSSR count). The van der Waals surface area contributed by atoms with E-state index in [1.165, 1.54) is 116 Å². The molecule has 0 bridgehead atoms. The molecule has 1 saturated heterocycles. The summed E-state index contributed by atoms with van der Waals surface area (Å²) in [6, 6.07) is 6.88. The van der Waals surface area contributed by atoms with Crippen molar-refractivity contribution in [1.82, 2.24) is 0 Å². The first-order valence-corrected chi connectivity index (χ1v) is 23.0. The van der Waals surface area contributed by atoms with Crippen LogP contribution in [0.2, 0.25) is 0 Å². The molecule has 8 nitrogen and oxygen atoms in total. The Labute approximate surface area is 342 Å². The van der Waals surface area contributed by atoms with Crippen molar-refractivity contribution in [3.8, 4) is 0 Å². The van der Waals surface area contributed by atoms with Crippen molar-refractivity contribution in [2.75, 3.05) is 19.8 Å². The first-order valence-electron chi connectivity index (χ1n) is 23.0. The number of rotatable bonds is 35. The first-order chi connectivity index (χ1) is 27.1. The standard InChI is InChI=1S/C48H82O8/c1-7-9-11-13-15-17-19-21-23-25-27-29-36-52-45(50)42-43(46(51)53-37-30-28-26-24-22-20-18-16-14-12-10-8-2)56-47(55-42)41-33-31-40(32-34-41)44(49)48(5,6)54-38-35-39(3)4/h31-34,39,42-43,47H,7-30,35-38H2,1-6H3. The van der Waals surface area contributed by atoms with E-state index in [1.54, 1.807) is 38.1 Å². The molecule has 0 aliphatic carbocycles. The Kier molecular flexibility index (Phi) is 27.4. The van der Waals surface area contributed by atoms with Gasteiger partial charge in [-0.15, -0.1) is 0 Å². The van der Waals surface area contributed by atoms with Crippen LogP contribution in [0.1, 0.15) is 224 Å². The molecular formula is C48H82O8. The summed E-state index contributed by atoms with van der Waals surface area (Å²) in [6.45, 7) is 13.4. The molecule has 0 N–H and O–H groups in total. The summed E-state index contributed by atoms with van der Waals surface area (Å²) in [4.78, 5) is 39.9. The highest BCUT2D eigenvalue weighted by atomic mass is 16.8. The van der Waals surface area contributed by atoms with E-state index in [4.69, 9.17) is 23.7 Å². The van der Waals surface area contributed by atoms with Crippen LogP contribution in [0.3, 0.4) is 0 Å². The molecule has 0 spiro atoms. The van der Waals surface area contributed by atoms with Gasteiger partial charge in [0, 0.05) is 17.7 Å². The highest BCUT2D eigenvalue weighted by Gasteiger charge is 2.47. The number of hydrogen-bond acceptors (Lipinski definition) is 8. The molecule has 0 radical (unpaired) electrons. The fraction of sp³-hybridized carbons (Fsp3) is 0.812. The van der Waals surface area contributed by atoms with Gasteiger partial charge in [0.25, 0.3) is 0 Å². The lowest BCUT2D eigenvalue weighted by Gasteiger charge is -2.24. The zero-order valence-electron chi connectivity index (χ0n) is 36.7. The van der Waals surface area contributed by atoms with Gasteiger partial charge in [-0.1, -0.05) is 193 Å².